The molecule has 108 valence electrons. The van der Waals surface area contributed by atoms with Crippen molar-refractivity contribution in [3.8, 4) is 10.8 Å². The molecule has 0 radical (unpaired) electrons. The van der Waals surface area contributed by atoms with E-state index >= 15 is 0 Å². The minimum absolute atomic E-state index is 0.114. The van der Waals surface area contributed by atoms with E-state index in [1.54, 1.807) is 6.20 Å². The number of furan rings is 1. The van der Waals surface area contributed by atoms with E-state index in [9.17, 15) is 4.79 Å². The Labute approximate surface area is 129 Å². The first kappa shape index (κ1) is 14.0. The van der Waals surface area contributed by atoms with Crippen molar-refractivity contribution in [2.45, 2.75) is 20.3 Å². The maximum atomic E-state index is 11.9. The zero-order valence-electron chi connectivity index (χ0n) is 11.5. The molecule has 3 aromatic rings. The smallest absolute Gasteiger partial charge is 0.232 e. The van der Waals surface area contributed by atoms with Gasteiger partial charge in [0.1, 0.15) is 5.76 Å². The minimum Gasteiger partial charge on any atom is -0.459 e. The minimum atomic E-state index is -0.114. The van der Waals surface area contributed by atoms with Gasteiger partial charge in [-0.3, -0.25) is 4.79 Å². The Balaban J connectivity index is 1.65. The van der Waals surface area contributed by atoms with Gasteiger partial charge in [-0.05, 0) is 26.0 Å². The quantitative estimate of drug-likeness (QED) is 0.797. The molecule has 1 N–H and O–H groups in total. The second-order valence-electron chi connectivity index (χ2n) is 4.56. The number of carbonyl (C=O) groups is 1. The summed E-state index contributed by atoms with van der Waals surface area (Å²) in [6.45, 7) is 3.84. The monoisotopic (exact) mass is 319 g/mol. The molecule has 0 aliphatic heterocycles. The van der Waals surface area contributed by atoms with E-state index < -0.39 is 0 Å². The van der Waals surface area contributed by atoms with E-state index in [2.05, 4.69) is 15.3 Å². The van der Waals surface area contributed by atoms with Gasteiger partial charge in [-0.25, -0.2) is 9.97 Å². The van der Waals surface area contributed by atoms with E-state index in [0.717, 1.165) is 27.1 Å². The first-order valence-electron chi connectivity index (χ1n) is 6.33. The number of nitrogens with one attached hydrogen (secondary N) is 1. The molecule has 21 heavy (non-hydrogen) atoms. The maximum absolute atomic E-state index is 11.9. The molecule has 0 saturated carbocycles. The number of carbonyl (C=O) groups excluding carboxylic acids is 1. The van der Waals surface area contributed by atoms with Crippen LogP contribution in [-0.2, 0) is 11.2 Å². The largest absolute Gasteiger partial charge is 0.459 e. The fourth-order valence-electron chi connectivity index (χ4n) is 1.79. The first-order chi connectivity index (χ1) is 10.1. The standard InChI is InChI=1S/C14H13N3O2S2/c1-8-3-4-11(19-8)13-16-10(7-20-13)5-12(18)17-14-15-6-9(2)21-14/h3-4,6-7H,5H2,1-2H3,(H,15,17,18). The number of hydrogen-bond acceptors (Lipinski definition) is 6. The highest BCUT2D eigenvalue weighted by Gasteiger charge is 2.12. The fourth-order valence-corrected chi connectivity index (χ4v) is 3.25. The predicted molar refractivity (Wildman–Crippen MR) is 83.7 cm³/mol. The molecule has 0 spiro atoms. The van der Waals surface area contributed by atoms with Gasteiger partial charge in [-0.1, -0.05) is 0 Å². The molecular formula is C14H13N3O2S2. The van der Waals surface area contributed by atoms with Gasteiger partial charge in [-0.15, -0.1) is 22.7 Å². The van der Waals surface area contributed by atoms with Gasteiger partial charge in [0.15, 0.2) is 15.9 Å². The molecule has 0 saturated heterocycles. The van der Waals surface area contributed by atoms with Crippen LogP contribution in [0.25, 0.3) is 10.8 Å². The number of hydrogen-bond donors (Lipinski definition) is 1. The van der Waals surface area contributed by atoms with Gasteiger partial charge in [0.05, 0.1) is 12.1 Å². The van der Waals surface area contributed by atoms with Crippen LogP contribution in [0.15, 0.2) is 28.1 Å². The zero-order valence-corrected chi connectivity index (χ0v) is 13.2. The van der Waals surface area contributed by atoms with E-state index in [4.69, 9.17) is 4.42 Å². The van der Waals surface area contributed by atoms with Crippen LogP contribution in [-0.4, -0.2) is 15.9 Å². The van der Waals surface area contributed by atoms with Crippen LogP contribution < -0.4 is 5.32 Å². The third-order valence-electron chi connectivity index (χ3n) is 2.71. The third kappa shape index (κ3) is 3.37. The number of amides is 1. The van der Waals surface area contributed by atoms with Crippen molar-refractivity contribution < 1.29 is 9.21 Å². The summed E-state index contributed by atoms with van der Waals surface area (Å²) in [5.41, 5.74) is 0.731. The number of aromatic nitrogens is 2. The zero-order chi connectivity index (χ0) is 14.8. The van der Waals surface area contributed by atoms with Crippen molar-refractivity contribution in [3.05, 3.63) is 40.0 Å². The molecule has 0 aliphatic rings. The van der Waals surface area contributed by atoms with Gasteiger partial charge < -0.3 is 9.73 Å². The maximum Gasteiger partial charge on any atom is 0.232 e. The molecule has 3 rings (SSSR count). The number of thiazole rings is 2. The normalized spacial score (nSPS) is 10.8. The van der Waals surface area contributed by atoms with Crippen LogP contribution in [0.5, 0.6) is 0 Å². The summed E-state index contributed by atoms with van der Waals surface area (Å²) in [5, 5.41) is 6.06. The molecule has 1 amide bonds. The highest BCUT2D eigenvalue weighted by atomic mass is 32.1. The summed E-state index contributed by atoms with van der Waals surface area (Å²) in [6.07, 6.45) is 1.97. The lowest BCUT2D eigenvalue weighted by molar-refractivity contribution is -0.115. The molecular weight excluding hydrogens is 306 g/mol. The molecule has 0 fully saturated rings. The van der Waals surface area contributed by atoms with Gasteiger partial charge in [0.2, 0.25) is 5.91 Å². The van der Waals surface area contributed by atoms with Crippen molar-refractivity contribution in [1.29, 1.82) is 0 Å². The molecule has 7 heteroatoms. The number of anilines is 1. The highest BCUT2D eigenvalue weighted by Crippen LogP contribution is 2.26. The molecule has 5 nitrogen and oxygen atoms in total. The van der Waals surface area contributed by atoms with E-state index in [-0.39, 0.29) is 12.3 Å². The Hall–Kier alpha value is -1.99. The topological polar surface area (TPSA) is 68.0 Å². The number of rotatable bonds is 4. The number of aryl methyl sites for hydroxylation is 2. The summed E-state index contributed by atoms with van der Waals surface area (Å²) < 4.78 is 5.53. The SMILES string of the molecule is Cc1ccc(-c2nc(CC(=O)Nc3ncc(C)s3)cs2)o1. The van der Waals surface area contributed by atoms with Gasteiger partial charge in [-0.2, -0.15) is 0 Å². The van der Waals surface area contributed by atoms with Crippen molar-refractivity contribution in [1.82, 2.24) is 9.97 Å². The summed E-state index contributed by atoms with van der Waals surface area (Å²) >= 11 is 2.93. The Morgan fingerprint density at radius 2 is 2.24 bits per heavy atom. The Morgan fingerprint density at radius 1 is 1.38 bits per heavy atom. The molecule has 3 heterocycles. The van der Waals surface area contributed by atoms with Gasteiger partial charge >= 0.3 is 0 Å². The average molecular weight is 319 g/mol. The van der Waals surface area contributed by atoms with Crippen molar-refractivity contribution >= 4 is 33.7 Å². The summed E-state index contributed by atoms with van der Waals surface area (Å²) in [5.74, 6) is 1.47. The number of nitrogens with zero attached hydrogens (tertiary/aromatic N) is 2. The average Bonchev–Trinajstić information content (AvgIpc) is 3.12. The lowest BCUT2D eigenvalue weighted by Gasteiger charge is -1.98. The molecule has 0 aromatic carbocycles. The Bertz CT molecular complexity index is 773. The summed E-state index contributed by atoms with van der Waals surface area (Å²) in [7, 11) is 0. The fraction of sp³-hybridized carbons (Fsp3) is 0.214. The van der Waals surface area contributed by atoms with Crippen molar-refractivity contribution in [2.24, 2.45) is 0 Å². The van der Waals surface area contributed by atoms with Crippen LogP contribution in [0.2, 0.25) is 0 Å². The lowest BCUT2D eigenvalue weighted by atomic mass is 10.3. The lowest BCUT2D eigenvalue weighted by Crippen LogP contribution is -2.14. The van der Waals surface area contributed by atoms with Crippen molar-refractivity contribution in [2.75, 3.05) is 5.32 Å². The van der Waals surface area contributed by atoms with Gasteiger partial charge in [0, 0.05) is 16.5 Å². The summed E-state index contributed by atoms with van der Waals surface area (Å²) in [4.78, 5) is 21.5. The Kier molecular flexibility index (Phi) is 3.85. The molecule has 0 bridgehead atoms. The third-order valence-corrected chi connectivity index (χ3v) is 4.45. The van der Waals surface area contributed by atoms with Crippen LogP contribution in [0.1, 0.15) is 16.3 Å². The van der Waals surface area contributed by atoms with Crippen LogP contribution >= 0.6 is 22.7 Å². The van der Waals surface area contributed by atoms with Crippen LogP contribution in [0.3, 0.4) is 0 Å². The second-order valence-corrected chi connectivity index (χ2v) is 6.65. The van der Waals surface area contributed by atoms with Crippen LogP contribution in [0, 0.1) is 13.8 Å². The molecule has 3 aromatic heterocycles. The van der Waals surface area contributed by atoms with E-state index in [1.165, 1.54) is 22.7 Å². The summed E-state index contributed by atoms with van der Waals surface area (Å²) in [6, 6.07) is 3.78. The first-order valence-corrected chi connectivity index (χ1v) is 8.03. The molecule has 0 atom stereocenters. The van der Waals surface area contributed by atoms with E-state index in [0.29, 0.717) is 5.13 Å². The van der Waals surface area contributed by atoms with Crippen LogP contribution in [0.4, 0.5) is 5.13 Å². The Morgan fingerprint density at radius 3 is 2.90 bits per heavy atom. The highest BCUT2D eigenvalue weighted by molar-refractivity contribution is 7.15. The van der Waals surface area contributed by atoms with Gasteiger partial charge in [0.25, 0.3) is 0 Å². The van der Waals surface area contributed by atoms with E-state index in [1.807, 2.05) is 31.4 Å². The predicted octanol–water partition coefficient (Wildman–Crippen LogP) is 3.66. The molecule has 0 aliphatic carbocycles. The van der Waals surface area contributed by atoms with Crippen molar-refractivity contribution in [3.63, 3.8) is 0 Å². The molecule has 0 unspecified atom stereocenters. The second kappa shape index (κ2) is 5.79.